The molecule has 0 atom stereocenters. The van der Waals surface area contributed by atoms with Crippen molar-refractivity contribution in [3.05, 3.63) is 144 Å². The Bertz CT molecular complexity index is 1660. The standard InChI is InChI=1S/C14H14N4O3.C9H13NO.C9H12.C7H8.CH3NO.CH2O/c1-21-12-4-2-10(3-5-12)17-18-14(20)13-9-15-8-11(16-13)6-7-19;1-10(2)8-4-6-9(11-3)7-5-8;1-2-6-9-7-4-3-5-8-9;1-7-5-3-2-4-6-7;2-1-3;1-2/h2-5,7-9,17H,6H2,1H3,(H,18,20);4-7H,1-3H3;3-5,7-8H,2,6H2,1H3;2-6H,1H3;1H,(H2,2,3);1H2. The summed E-state index contributed by atoms with van der Waals surface area (Å²) in [4.78, 5) is 48.9. The lowest BCUT2D eigenvalue weighted by atomic mass is 10.1. The molecule has 0 saturated carbocycles. The topological polar surface area (TPSA) is 166 Å². The lowest BCUT2D eigenvalue weighted by Crippen LogP contribution is -2.30. The number of aryl methyl sites for hydroxylation is 2. The van der Waals surface area contributed by atoms with Gasteiger partial charge in [0, 0.05) is 32.4 Å². The molecule has 12 nitrogen and oxygen atoms in total. The molecule has 0 saturated heterocycles. The maximum atomic E-state index is 11.9. The molecular formula is C41H52N6O6. The lowest BCUT2D eigenvalue weighted by Gasteiger charge is -2.11. The molecule has 0 aliphatic heterocycles. The van der Waals surface area contributed by atoms with Gasteiger partial charge in [-0.15, -0.1) is 0 Å². The van der Waals surface area contributed by atoms with Gasteiger partial charge in [0.25, 0.3) is 5.91 Å². The predicted octanol–water partition coefficient (Wildman–Crippen LogP) is 6.30. The molecule has 0 unspecified atom stereocenters. The van der Waals surface area contributed by atoms with E-state index in [1.165, 1.54) is 42.0 Å². The first-order valence-electron chi connectivity index (χ1n) is 16.5. The molecule has 4 aromatic carbocycles. The number of primary amides is 1. The van der Waals surface area contributed by atoms with Crippen molar-refractivity contribution in [2.24, 2.45) is 5.73 Å². The van der Waals surface area contributed by atoms with Crippen molar-refractivity contribution in [3.8, 4) is 11.5 Å². The summed E-state index contributed by atoms with van der Waals surface area (Å²) >= 11 is 0. The van der Waals surface area contributed by atoms with Crippen LogP contribution in [0.3, 0.4) is 0 Å². The van der Waals surface area contributed by atoms with Crippen LogP contribution >= 0.6 is 0 Å². The van der Waals surface area contributed by atoms with Crippen molar-refractivity contribution in [1.82, 2.24) is 15.4 Å². The third kappa shape index (κ3) is 22.0. The first kappa shape index (κ1) is 46.4. The van der Waals surface area contributed by atoms with Gasteiger partial charge in [-0.25, -0.2) is 4.98 Å². The van der Waals surface area contributed by atoms with Gasteiger partial charge in [0.2, 0.25) is 6.41 Å². The highest BCUT2D eigenvalue weighted by atomic mass is 16.5. The number of carbonyl (C=O) groups is 4. The van der Waals surface area contributed by atoms with Gasteiger partial charge in [-0.3, -0.25) is 25.4 Å². The SMILES string of the molecule is C=O.CCCc1ccccc1.COc1ccc(N(C)C)cc1.COc1ccc(NNC(=O)c2cncc(CC=O)n2)cc1.Cc1ccccc1.NC=O. The zero-order valence-electron chi connectivity index (χ0n) is 31.4. The second-order valence-electron chi connectivity index (χ2n) is 10.7. The molecule has 0 aliphatic rings. The quantitative estimate of drug-likeness (QED) is 0.110. The van der Waals surface area contributed by atoms with Gasteiger partial charge in [0.15, 0.2) is 0 Å². The van der Waals surface area contributed by atoms with Crippen LogP contribution in [0.1, 0.15) is 40.7 Å². The first-order valence-corrected chi connectivity index (χ1v) is 16.5. The van der Waals surface area contributed by atoms with Gasteiger partial charge in [0.05, 0.1) is 31.8 Å². The molecule has 2 amide bonds. The molecule has 0 bridgehead atoms. The van der Waals surface area contributed by atoms with Gasteiger partial charge < -0.3 is 29.7 Å². The van der Waals surface area contributed by atoms with Crippen LogP contribution in [-0.2, 0) is 27.2 Å². The number of aldehydes is 1. The fourth-order valence-corrected chi connectivity index (χ4v) is 3.91. The Kier molecular flexibility index (Phi) is 26.5. The van der Waals surface area contributed by atoms with Crippen molar-refractivity contribution in [2.45, 2.75) is 33.1 Å². The summed E-state index contributed by atoms with van der Waals surface area (Å²) in [6.45, 7) is 6.28. The molecule has 0 radical (unpaired) electrons. The molecule has 0 spiro atoms. The Morgan fingerprint density at radius 3 is 1.75 bits per heavy atom. The second kappa shape index (κ2) is 30.3. The highest BCUT2D eigenvalue weighted by Gasteiger charge is 2.08. The van der Waals surface area contributed by atoms with E-state index < -0.39 is 5.91 Å². The van der Waals surface area contributed by atoms with Crippen LogP contribution in [0.15, 0.2) is 122 Å². The maximum absolute atomic E-state index is 11.9. The molecule has 0 aliphatic carbocycles. The number of benzene rings is 4. The van der Waals surface area contributed by atoms with Crippen molar-refractivity contribution < 1.29 is 28.7 Å². The van der Waals surface area contributed by atoms with E-state index in [1.807, 2.05) is 63.3 Å². The number of amides is 2. The van der Waals surface area contributed by atoms with E-state index in [4.69, 9.17) is 19.1 Å². The van der Waals surface area contributed by atoms with E-state index in [0.29, 0.717) is 17.7 Å². The van der Waals surface area contributed by atoms with Crippen molar-refractivity contribution >= 4 is 36.8 Å². The van der Waals surface area contributed by atoms with Crippen LogP contribution in [0.2, 0.25) is 0 Å². The predicted molar refractivity (Wildman–Crippen MR) is 212 cm³/mol. The van der Waals surface area contributed by atoms with Gasteiger partial charge >= 0.3 is 0 Å². The lowest BCUT2D eigenvalue weighted by molar-refractivity contribution is -0.107. The van der Waals surface area contributed by atoms with Crippen LogP contribution < -0.4 is 31.0 Å². The van der Waals surface area contributed by atoms with Gasteiger partial charge in [0.1, 0.15) is 30.3 Å². The van der Waals surface area contributed by atoms with Crippen LogP contribution in [0, 0.1) is 6.92 Å². The fraction of sp³-hybridized carbons (Fsp3) is 0.220. The average molecular weight is 725 g/mol. The van der Waals surface area contributed by atoms with Crippen LogP contribution in [0.25, 0.3) is 0 Å². The van der Waals surface area contributed by atoms with Crippen molar-refractivity contribution in [3.63, 3.8) is 0 Å². The number of hydrogen-bond acceptors (Lipinski definition) is 10. The summed E-state index contributed by atoms with van der Waals surface area (Å²) in [5.41, 5.74) is 14.7. The number of anilines is 2. The summed E-state index contributed by atoms with van der Waals surface area (Å²) in [7, 11) is 7.28. The Balaban J connectivity index is 0.000000710. The van der Waals surface area contributed by atoms with E-state index in [9.17, 15) is 9.59 Å². The molecule has 12 heteroatoms. The normalized spacial score (nSPS) is 8.87. The van der Waals surface area contributed by atoms with E-state index in [0.717, 1.165) is 11.5 Å². The molecule has 53 heavy (non-hydrogen) atoms. The van der Waals surface area contributed by atoms with Crippen LogP contribution in [-0.4, -0.2) is 63.7 Å². The van der Waals surface area contributed by atoms with Gasteiger partial charge in [-0.1, -0.05) is 79.6 Å². The molecule has 4 N–H and O–H groups in total. The number of aromatic nitrogens is 2. The number of hydrogen-bond donors (Lipinski definition) is 3. The number of nitrogens with two attached hydrogens (primary N) is 1. The highest BCUT2D eigenvalue weighted by Crippen LogP contribution is 2.16. The Morgan fingerprint density at radius 2 is 1.32 bits per heavy atom. The summed E-state index contributed by atoms with van der Waals surface area (Å²) in [6, 6.07) is 35.8. The molecule has 0 fully saturated rings. The monoisotopic (exact) mass is 724 g/mol. The number of ether oxygens (including phenoxy) is 2. The molecule has 1 heterocycles. The van der Waals surface area contributed by atoms with Crippen molar-refractivity contribution in [2.75, 3.05) is 38.6 Å². The zero-order valence-corrected chi connectivity index (χ0v) is 31.4. The second-order valence-corrected chi connectivity index (χ2v) is 10.7. The third-order valence-electron chi connectivity index (χ3n) is 6.53. The van der Waals surface area contributed by atoms with E-state index in [-0.39, 0.29) is 18.5 Å². The first-order chi connectivity index (χ1) is 25.7. The summed E-state index contributed by atoms with van der Waals surface area (Å²) in [5, 5.41) is 0. The highest BCUT2D eigenvalue weighted by molar-refractivity contribution is 5.92. The summed E-state index contributed by atoms with van der Waals surface area (Å²) in [6.07, 6.45) is 6.31. The van der Waals surface area contributed by atoms with Crippen LogP contribution in [0.5, 0.6) is 11.5 Å². The van der Waals surface area contributed by atoms with E-state index in [2.05, 4.69) is 87.8 Å². The number of nitrogens with zero attached hydrogens (tertiary/aromatic N) is 3. The minimum Gasteiger partial charge on any atom is -0.497 e. The number of hydrazine groups is 1. The fourth-order valence-electron chi connectivity index (χ4n) is 3.91. The summed E-state index contributed by atoms with van der Waals surface area (Å²) < 4.78 is 10.1. The molecular weight excluding hydrogens is 672 g/mol. The van der Waals surface area contributed by atoms with Gasteiger partial charge in [-0.2, -0.15) is 0 Å². The minimum absolute atomic E-state index is 0.125. The Morgan fingerprint density at radius 1 is 0.811 bits per heavy atom. The molecule has 5 rings (SSSR count). The third-order valence-corrected chi connectivity index (χ3v) is 6.53. The Labute approximate surface area is 313 Å². The number of nitrogens with one attached hydrogen (secondary N) is 2. The minimum atomic E-state index is -0.439. The average Bonchev–Trinajstić information content (AvgIpc) is 3.20. The number of rotatable bonds is 10. The van der Waals surface area contributed by atoms with E-state index >= 15 is 0 Å². The molecule has 5 aromatic rings. The van der Waals surface area contributed by atoms with Crippen molar-refractivity contribution in [1.29, 1.82) is 0 Å². The molecule has 1 aromatic heterocycles. The summed E-state index contributed by atoms with van der Waals surface area (Å²) in [5.74, 6) is 1.18. The maximum Gasteiger partial charge on any atom is 0.289 e. The number of carbonyl (C=O) groups excluding carboxylic acids is 4. The number of methoxy groups -OCH3 is 2. The molecule has 282 valence electrons. The Hall–Kier alpha value is -6.56. The van der Waals surface area contributed by atoms with Crippen LogP contribution in [0.4, 0.5) is 11.4 Å². The zero-order chi connectivity index (χ0) is 39.7. The van der Waals surface area contributed by atoms with E-state index in [1.54, 1.807) is 38.5 Å². The smallest absolute Gasteiger partial charge is 0.289 e. The largest absolute Gasteiger partial charge is 0.497 e. The van der Waals surface area contributed by atoms with Gasteiger partial charge in [-0.05, 0) is 67.4 Å².